The quantitative estimate of drug-likeness (QED) is 0.770. The van der Waals surface area contributed by atoms with Gasteiger partial charge >= 0.3 is 11.8 Å². The molecule has 0 spiro atoms. The van der Waals surface area contributed by atoms with Gasteiger partial charge in [-0.05, 0) is 32.6 Å². The van der Waals surface area contributed by atoms with Crippen molar-refractivity contribution in [3.63, 3.8) is 0 Å². The summed E-state index contributed by atoms with van der Waals surface area (Å²) in [6, 6.07) is 0. The average Bonchev–Trinajstić information content (AvgIpc) is 3.16. The number of nitrogens with one attached hydrogen (secondary N) is 2. The highest BCUT2D eigenvalue weighted by Gasteiger charge is 2.22. The zero-order valence-corrected chi connectivity index (χ0v) is 15.4. The number of hydrogen-bond acceptors (Lipinski definition) is 4. The number of anilines is 1. The molecule has 0 unspecified atom stereocenters. The van der Waals surface area contributed by atoms with Gasteiger partial charge < -0.3 is 15.5 Å². The number of carbonyl (C=O) groups is 3. The second-order valence-electron chi connectivity index (χ2n) is 6.85. The van der Waals surface area contributed by atoms with Gasteiger partial charge in [-0.3, -0.25) is 19.1 Å². The van der Waals surface area contributed by atoms with Gasteiger partial charge in [0.25, 0.3) is 0 Å². The normalized spacial score (nSPS) is 14.0. The molecule has 1 saturated heterocycles. The molecule has 1 fully saturated rings. The van der Waals surface area contributed by atoms with Crippen LogP contribution in [0.1, 0.15) is 38.1 Å². The van der Waals surface area contributed by atoms with Crippen LogP contribution >= 0.6 is 0 Å². The van der Waals surface area contributed by atoms with Crippen LogP contribution in [0.2, 0.25) is 0 Å². The Hall–Kier alpha value is -2.38. The molecule has 0 atom stereocenters. The molecular weight excluding hydrogens is 322 g/mol. The number of carbonyl (C=O) groups excluding carboxylic acids is 3. The minimum atomic E-state index is -0.817. The molecular formula is C17H27N5O3. The molecule has 1 aromatic rings. The highest BCUT2D eigenvalue weighted by Crippen LogP contribution is 2.20. The van der Waals surface area contributed by atoms with Crippen LogP contribution in [0.15, 0.2) is 0 Å². The molecule has 8 nitrogen and oxygen atoms in total. The Bertz CT molecular complexity index is 659. The smallest absolute Gasteiger partial charge is 0.313 e. The number of amides is 3. The highest BCUT2D eigenvalue weighted by atomic mass is 16.2. The molecule has 0 bridgehead atoms. The van der Waals surface area contributed by atoms with Gasteiger partial charge in [-0.25, -0.2) is 0 Å². The average molecular weight is 349 g/mol. The topological polar surface area (TPSA) is 96.3 Å². The summed E-state index contributed by atoms with van der Waals surface area (Å²) in [6.07, 6.45) is 1.97. The van der Waals surface area contributed by atoms with Crippen molar-refractivity contribution in [3.8, 4) is 0 Å². The fourth-order valence-electron chi connectivity index (χ4n) is 2.89. The Labute approximate surface area is 147 Å². The third-order valence-corrected chi connectivity index (χ3v) is 4.22. The molecule has 0 aliphatic carbocycles. The van der Waals surface area contributed by atoms with E-state index in [0.29, 0.717) is 30.4 Å². The van der Waals surface area contributed by atoms with Gasteiger partial charge in [0.2, 0.25) is 5.91 Å². The minimum Gasteiger partial charge on any atom is -0.341 e. The molecule has 1 aliphatic heterocycles. The van der Waals surface area contributed by atoms with Crippen LogP contribution in [0.25, 0.3) is 0 Å². The third-order valence-electron chi connectivity index (χ3n) is 4.22. The first-order valence-electron chi connectivity index (χ1n) is 8.70. The molecule has 138 valence electrons. The molecule has 25 heavy (non-hydrogen) atoms. The van der Waals surface area contributed by atoms with Crippen molar-refractivity contribution in [2.75, 3.05) is 25.0 Å². The summed E-state index contributed by atoms with van der Waals surface area (Å²) in [5.41, 5.74) is 2.01. The highest BCUT2D eigenvalue weighted by molar-refractivity contribution is 6.40. The van der Waals surface area contributed by atoms with E-state index in [4.69, 9.17) is 0 Å². The Morgan fingerprint density at radius 2 is 1.76 bits per heavy atom. The molecule has 1 aliphatic rings. The lowest BCUT2D eigenvalue weighted by Crippen LogP contribution is -2.42. The number of likely N-dealkylation sites (tertiary alicyclic amines) is 1. The zero-order chi connectivity index (χ0) is 18.6. The van der Waals surface area contributed by atoms with E-state index in [-0.39, 0.29) is 12.5 Å². The zero-order valence-electron chi connectivity index (χ0n) is 15.4. The van der Waals surface area contributed by atoms with Crippen LogP contribution < -0.4 is 10.6 Å². The van der Waals surface area contributed by atoms with E-state index >= 15 is 0 Å². The van der Waals surface area contributed by atoms with Crippen molar-refractivity contribution in [1.29, 1.82) is 0 Å². The maximum Gasteiger partial charge on any atom is 0.313 e. The maximum absolute atomic E-state index is 12.1. The number of aromatic nitrogens is 2. The van der Waals surface area contributed by atoms with Gasteiger partial charge in [0.15, 0.2) is 0 Å². The van der Waals surface area contributed by atoms with Gasteiger partial charge in [0.05, 0.1) is 23.6 Å². The largest absolute Gasteiger partial charge is 0.341 e. The lowest BCUT2D eigenvalue weighted by molar-refractivity contribution is -0.138. The van der Waals surface area contributed by atoms with E-state index < -0.39 is 11.8 Å². The summed E-state index contributed by atoms with van der Waals surface area (Å²) in [5.74, 6) is -1.34. The van der Waals surface area contributed by atoms with Crippen LogP contribution in [0.5, 0.6) is 0 Å². The lowest BCUT2D eigenvalue weighted by atomic mass is 10.2. The van der Waals surface area contributed by atoms with E-state index in [9.17, 15) is 14.4 Å². The number of nitrogens with zero attached hydrogens (tertiary/aromatic N) is 3. The van der Waals surface area contributed by atoms with E-state index in [1.807, 2.05) is 11.6 Å². The second-order valence-corrected chi connectivity index (χ2v) is 6.85. The summed E-state index contributed by atoms with van der Waals surface area (Å²) in [4.78, 5) is 37.7. The summed E-state index contributed by atoms with van der Waals surface area (Å²) < 4.78 is 1.82. The first-order valence-corrected chi connectivity index (χ1v) is 8.70. The van der Waals surface area contributed by atoms with Crippen LogP contribution in [0.3, 0.4) is 0 Å². The van der Waals surface area contributed by atoms with Gasteiger partial charge in [0.1, 0.15) is 0 Å². The molecule has 3 amide bonds. The van der Waals surface area contributed by atoms with E-state index in [2.05, 4.69) is 29.6 Å². The van der Waals surface area contributed by atoms with Crippen LogP contribution in [0.4, 0.5) is 5.69 Å². The van der Waals surface area contributed by atoms with Gasteiger partial charge in [-0.1, -0.05) is 13.8 Å². The Morgan fingerprint density at radius 3 is 2.36 bits per heavy atom. The van der Waals surface area contributed by atoms with Crippen molar-refractivity contribution < 1.29 is 14.4 Å². The standard InChI is InChI=1S/C17H27N5O3/c1-11(2)10-22-13(4)15(12(3)20-22)19-17(25)16(24)18-9-14(23)21-7-5-6-8-21/h11H,5-10H2,1-4H3,(H,18,24)(H,19,25). The molecule has 0 saturated carbocycles. The molecule has 2 N–H and O–H groups in total. The molecule has 8 heteroatoms. The molecule has 2 heterocycles. The first-order chi connectivity index (χ1) is 11.8. The van der Waals surface area contributed by atoms with Crippen LogP contribution in [-0.4, -0.2) is 52.0 Å². The van der Waals surface area contributed by atoms with E-state index in [1.165, 1.54) is 0 Å². The number of rotatable bonds is 5. The van der Waals surface area contributed by atoms with Gasteiger partial charge in [-0.15, -0.1) is 0 Å². The van der Waals surface area contributed by atoms with Gasteiger partial charge in [0, 0.05) is 19.6 Å². The maximum atomic E-state index is 12.1. The predicted molar refractivity (Wildman–Crippen MR) is 94.0 cm³/mol. The van der Waals surface area contributed by atoms with Crippen molar-refractivity contribution in [1.82, 2.24) is 20.0 Å². The summed E-state index contributed by atoms with van der Waals surface area (Å²) in [5, 5.41) is 9.39. The molecule has 2 rings (SSSR count). The monoisotopic (exact) mass is 349 g/mol. The molecule has 0 radical (unpaired) electrons. The Kier molecular flexibility index (Phi) is 6.17. The first kappa shape index (κ1) is 19.0. The van der Waals surface area contributed by atoms with Crippen LogP contribution in [-0.2, 0) is 20.9 Å². The van der Waals surface area contributed by atoms with Crippen molar-refractivity contribution >= 4 is 23.4 Å². The van der Waals surface area contributed by atoms with Crippen molar-refractivity contribution in [2.45, 2.75) is 47.1 Å². The Balaban J connectivity index is 1.91. The van der Waals surface area contributed by atoms with Gasteiger partial charge in [-0.2, -0.15) is 5.10 Å². The number of aryl methyl sites for hydroxylation is 1. The Morgan fingerprint density at radius 1 is 1.12 bits per heavy atom. The van der Waals surface area contributed by atoms with Crippen LogP contribution in [0, 0.1) is 19.8 Å². The number of hydrogen-bond donors (Lipinski definition) is 2. The van der Waals surface area contributed by atoms with Crippen molar-refractivity contribution in [2.24, 2.45) is 5.92 Å². The fourth-order valence-corrected chi connectivity index (χ4v) is 2.89. The summed E-state index contributed by atoms with van der Waals surface area (Å²) >= 11 is 0. The predicted octanol–water partition coefficient (Wildman–Crippen LogP) is 0.833. The minimum absolute atomic E-state index is 0.156. The second kappa shape index (κ2) is 8.13. The van der Waals surface area contributed by atoms with E-state index in [0.717, 1.165) is 25.1 Å². The van der Waals surface area contributed by atoms with E-state index in [1.54, 1.807) is 11.8 Å². The summed E-state index contributed by atoms with van der Waals surface area (Å²) in [7, 11) is 0. The lowest BCUT2D eigenvalue weighted by Gasteiger charge is -2.15. The van der Waals surface area contributed by atoms with Crippen molar-refractivity contribution in [3.05, 3.63) is 11.4 Å². The third kappa shape index (κ3) is 4.80. The molecule has 0 aromatic carbocycles. The SMILES string of the molecule is Cc1nn(CC(C)C)c(C)c1NC(=O)C(=O)NCC(=O)N1CCCC1. The molecule has 1 aromatic heterocycles. The fraction of sp³-hybridized carbons (Fsp3) is 0.647. The summed E-state index contributed by atoms with van der Waals surface area (Å²) in [6.45, 7) is 9.82.